The largest absolute Gasteiger partial charge is 0.503 e. The summed E-state index contributed by atoms with van der Waals surface area (Å²) in [5.41, 5.74) is 0.510. The molecule has 0 heterocycles. The first-order chi connectivity index (χ1) is 6.72. The Labute approximate surface area is 87.1 Å². The van der Waals surface area contributed by atoms with Gasteiger partial charge in [0.15, 0.2) is 11.5 Å². The highest BCUT2D eigenvalue weighted by atomic mass is 32.2. The molecule has 0 bridgehead atoms. The topological polar surface area (TPSA) is 46.5 Å². The molecule has 0 aliphatic rings. The van der Waals surface area contributed by atoms with Crippen molar-refractivity contribution in [3.63, 3.8) is 0 Å². The molecule has 0 fully saturated rings. The molecule has 1 rings (SSSR count). The summed E-state index contributed by atoms with van der Waals surface area (Å²) in [6.45, 7) is 2.29. The Morgan fingerprint density at radius 3 is 2.79 bits per heavy atom. The van der Waals surface area contributed by atoms with Gasteiger partial charge in [-0.25, -0.2) is 0 Å². The van der Waals surface area contributed by atoms with E-state index in [1.165, 1.54) is 17.8 Å². The van der Waals surface area contributed by atoms with Crippen LogP contribution >= 0.6 is 11.8 Å². The zero-order valence-electron chi connectivity index (χ0n) is 8.11. The number of carbonyl (C=O) groups excluding carboxylic acids is 1. The molecule has 0 amide bonds. The van der Waals surface area contributed by atoms with Crippen LogP contribution < -0.4 is 4.74 Å². The van der Waals surface area contributed by atoms with Gasteiger partial charge in [0, 0.05) is 5.56 Å². The third kappa shape index (κ3) is 2.20. The van der Waals surface area contributed by atoms with Gasteiger partial charge in [-0.05, 0) is 25.3 Å². The van der Waals surface area contributed by atoms with Crippen molar-refractivity contribution in [1.82, 2.24) is 0 Å². The van der Waals surface area contributed by atoms with Crippen LogP contribution in [-0.2, 0) is 0 Å². The number of benzene rings is 1. The van der Waals surface area contributed by atoms with Crippen LogP contribution in [-0.4, -0.2) is 24.3 Å². The van der Waals surface area contributed by atoms with Gasteiger partial charge in [-0.3, -0.25) is 4.79 Å². The van der Waals surface area contributed by atoms with Crippen molar-refractivity contribution in [1.29, 1.82) is 0 Å². The Kier molecular flexibility index (Phi) is 3.83. The number of rotatable bonds is 4. The summed E-state index contributed by atoms with van der Waals surface area (Å²) in [5, 5.41) is 9.68. The normalized spacial score (nSPS) is 9.86. The Hall–Kier alpha value is -1.16. The van der Waals surface area contributed by atoms with E-state index in [-0.39, 0.29) is 5.75 Å². The summed E-state index contributed by atoms with van der Waals surface area (Å²) in [5.74, 6) is 0.464. The number of ether oxygens (including phenoxy) is 1. The highest BCUT2D eigenvalue weighted by Crippen LogP contribution is 2.36. The van der Waals surface area contributed by atoms with Crippen molar-refractivity contribution in [2.75, 3.05) is 12.9 Å². The van der Waals surface area contributed by atoms with E-state index in [1.807, 2.05) is 13.2 Å². The standard InChI is InChI=1S/C10H12O3S/c1-3-13-8-4-7(6-11)5-9(14-2)10(8)12/h4-6,12H,3H2,1-2H3. The number of phenols is 1. The van der Waals surface area contributed by atoms with E-state index in [0.29, 0.717) is 22.8 Å². The Morgan fingerprint density at radius 1 is 1.57 bits per heavy atom. The quantitative estimate of drug-likeness (QED) is 0.614. The summed E-state index contributed by atoms with van der Waals surface area (Å²) < 4.78 is 5.20. The van der Waals surface area contributed by atoms with Gasteiger partial charge in [-0.15, -0.1) is 11.8 Å². The summed E-state index contributed by atoms with van der Waals surface area (Å²) in [7, 11) is 0. The Bertz CT molecular complexity index is 336. The number of phenolic OH excluding ortho intramolecular Hbond substituents is 1. The highest BCUT2D eigenvalue weighted by Gasteiger charge is 2.09. The van der Waals surface area contributed by atoms with E-state index < -0.39 is 0 Å². The van der Waals surface area contributed by atoms with Gasteiger partial charge in [-0.1, -0.05) is 0 Å². The molecule has 1 aromatic rings. The fourth-order valence-corrected chi connectivity index (χ4v) is 1.64. The molecule has 0 aromatic heterocycles. The van der Waals surface area contributed by atoms with Gasteiger partial charge >= 0.3 is 0 Å². The van der Waals surface area contributed by atoms with Crippen LogP contribution in [0.3, 0.4) is 0 Å². The zero-order valence-corrected chi connectivity index (χ0v) is 8.93. The molecule has 0 aliphatic carbocycles. The van der Waals surface area contributed by atoms with Crippen LogP contribution in [0, 0.1) is 0 Å². The minimum Gasteiger partial charge on any atom is -0.503 e. The van der Waals surface area contributed by atoms with Crippen molar-refractivity contribution in [3.8, 4) is 11.5 Å². The first-order valence-corrected chi connectivity index (χ1v) is 5.44. The maximum atomic E-state index is 10.6. The third-order valence-electron chi connectivity index (χ3n) is 1.72. The lowest BCUT2D eigenvalue weighted by Crippen LogP contribution is -1.94. The maximum Gasteiger partial charge on any atom is 0.171 e. The average Bonchev–Trinajstić information content (AvgIpc) is 2.21. The second kappa shape index (κ2) is 4.91. The fraction of sp³-hybridized carbons (Fsp3) is 0.300. The minimum absolute atomic E-state index is 0.102. The van der Waals surface area contributed by atoms with Gasteiger partial charge in [-0.2, -0.15) is 0 Å². The van der Waals surface area contributed by atoms with E-state index in [4.69, 9.17) is 4.74 Å². The zero-order chi connectivity index (χ0) is 10.6. The van der Waals surface area contributed by atoms with E-state index in [9.17, 15) is 9.90 Å². The van der Waals surface area contributed by atoms with E-state index in [0.717, 1.165) is 6.29 Å². The molecular formula is C10H12O3S. The molecule has 3 nitrogen and oxygen atoms in total. The molecule has 14 heavy (non-hydrogen) atoms. The molecule has 4 heteroatoms. The second-order valence-electron chi connectivity index (χ2n) is 2.62. The molecule has 76 valence electrons. The number of thioether (sulfide) groups is 1. The first kappa shape index (κ1) is 10.9. The lowest BCUT2D eigenvalue weighted by Gasteiger charge is -2.09. The summed E-state index contributed by atoms with van der Waals surface area (Å²) in [4.78, 5) is 11.2. The van der Waals surface area contributed by atoms with Gasteiger partial charge in [0.2, 0.25) is 0 Å². The van der Waals surface area contributed by atoms with Crippen LogP contribution in [0.25, 0.3) is 0 Å². The molecule has 1 N–H and O–H groups in total. The van der Waals surface area contributed by atoms with Crippen LogP contribution in [0.5, 0.6) is 11.5 Å². The number of carbonyl (C=O) groups is 1. The van der Waals surface area contributed by atoms with Crippen LogP contribution in [0.2, 0.25) is 0 Å². The molecule has 0 saturated carbocycles. The predicted octanol–water partition coefficient (Wildman–Crippen LogP) is 2.33. The average molecular weight is 212 g/mol. The van der Waals surface area contributed by atoms with E-state index in [1.54, 1.807) is 6.07 Å². The lowest BCUT2D eigenvalue weighted by atomic mass is 10.2. The molecule has 0 aliphatic heterocycles. The number of hydrogen-bond acceptors (Lipinski definition) is 4. The number of hydrogen-bond donors (Lipinski definition) is 1. The van der Waals surface area contributed by atoms with Crippen LogP contribution in [0.1, 0.15) is 17.3 Å². The third-order valence-corrected chi connectivity index (χ3v) is 2.47. The molecule has 0 spiro atoms. The molecule has 0 saturated heterocycles. The Balaban J connectivity index is 3.19. The van der Waals surface area contributed by atoms with Crippen molar-refractivity contribution < 1.29 is 14.6 Å². The van der Waals surface area contributed by atoms with Crippen LogP contribution in [0.4, 0.5) is 0 Å². The van der Waals surface area contributed by atoms with Crippen molar-refractivity contribution >= 4 is 18.0 Å². The van der Waals surface area contributed by atoms with Crippen molar-refractivity contribution in [3.05, 3.63) is 17.7 Å². The lowest BCUT2D eigenvalue weighted by molar-refractivity contribution is 0.112. The van der Waals surface area contributed by atoms with Gasteiger partial charge in [0.1, 0.15) is 6.29 Å². The molecule has 0 atom stereocenters. The van der Waals surface area contributed by atoms with E-state index >= 15 is 0 Å². The molecule has 0 unspecified atom stereocenters. The SMILES string of the molecule is CCOc1cc(C=O)cc(SC)c1O. The number of aromatic hydroxyl groups is 1. The smallest absolute Gasteiger partial charge is 0.171 e. The maximum absolute atomic E-state index is 10.6. The van der Waals surface area contributed by atoms with Crippen LogP contribution in [0.15, 0.2) is 17.0 Å². The number of aldehydes is 1. The highest BCUT2D eigenvalue weighted by molar-refractivity contribution is 7.98. The van der Waals surface area contributed by atoms with E-state index in [2.05, 4.69) is 0 Å². The fourth-order valence-electron chi connectivity index (χ4n) is 1.09. The second-order valence-corrected chi connectivity index (χ2v) is 3.47. The van der Waals surface area contributed by atoms with Gasteiger partial charge < -0.3 is 9.84 Å². The molecular weight excluding hydrogens is 200 g/mol. The Morgan fingerprint density at radius 2 is 2.29 bits per heavy atom. The molecule has 1 aromatic carbocycles. The van der Waals surface area contributed by atoms with Crippen molar-refractivity contribution in [2.45, 2.75) is 11.8 Å². The summed E-state index contributed by atoms with van der Waals surface area (Å²) >= 11 is 1.38. The minimum atomic E-state index is 0.102. The summed E-state index contributed by atoms with van der Waals surface area (Å²) in [6.07, 6.45) is 2.57. The van der Waals surface area contributed by atoms with Crippen molar-refractivity contribution in [2.24, 2.45) is 0 Å². The predicted molar refractivity (Wildman–Crippen MR) is 56.4 cm³/mol. The van der Waals surface area contributed by atoms with Gasteiger partial charge in [0.05, 0.1) is 11.5 Å². The summed E-state index contributed by atoms with van der Waals surface area (Å²) in [6, 6.07) is 3.17. The monoisotopic (exact) mass is 212 g/mol. The first-order valence-electron chi connectivity index (χ1n) is 4.21. The molecule has 0 radical (unpaired) electrons. The van der Waals surface area contributed by atoms with Gasteiger partial charge in [0.25, 0.3) is 0 Å².